The van der Waals surface area contributed by atoms with Crippen molar-refractivity contribution in [1.82, 2.24) is 10.2 Å². The van der Waals surface area contributed by atoms with Gasteiger partial charge in [0.2, 0.25) is 17.7 Å². The molecular weight excluding hydrogens is 509 g/mol. The number of benzene rings is 1. The van der Waals surface area contributed by atoms with E-state index in [0.29, 0.717) is 30.0 Å². The Morgan fingerprint density at radius 1 is 1.24 bits per heavy atom. The Labute approximate surface area is 228 Å². The first-order chi connectivity index (χ1) is 18.0. The van der Waals surface area contributed by atoms with Gasteiger partial charge in [-0.15, -0.1) is 0 Å². The molecule has 206 valence electrons. The van der Waals surface area contributed by atoms with Gasteiger partial charge in [-0.2, -0.15) is 0 Å². The summed E-state index contributed by atoms with van der Waals surface area (Å²) in [5.74, 6) is -1.92. The first-order valence-electron chi connectivity index (χ1n) is 13.8. The minimum absolute atomic E-state index is 0.0358. The normalized spacial score (nSPS) is 35.6. The van der Waals surface area contributed by atoms with Crippen molar-refractivity contribution in [2.75, 3.05) is 11.9 Å². The summed E-state index contributed by atoms with van der Waals surface area (Å²) in [6, 6.07) is 3.13. The van der Waals surface area contributed by atoms with Gasteiger partial charge in [0.25, 0.3) is 0 Å². The Morgan fingerprint density at radius 2 is 2.00 bits per heavy atom. The minimum Gasteiger partial charge on any atom is -0.359 e. The van der Waals surface area contributed by atoms with Crippen molar-refractivity contribution in [2.24, 2.45) is 29.6 Å². The zero-order chi connectivity index (χ0) is 27.4. The lowest BCUT2D eigenvalue weighted by molar-refractivity contribution is -0.141. The highest BCUT2D eigenvalue weighted by atomic mass is 35.5. The van der Waals surface area contributed by atoms with E-state index in [0.717, 1.165) is 25.7 Å². The zero-order valence-electron chi connectivity index (χ0n) is 22.4. The van der Waals surface area contributed by atoms with Gasteiger partial charge in [0.15, 0.2) is 0 Å². The van der Waals surface area contributed by atoms with Gasteiger partial charge in [-0.3, -0.25) is 14.4 Å². The summed E-state index contributed by atoms with van der Waals surface area (Å²) >= 11 is 5.90. The average Bonchev–Trinajstić information content (AvgIpc) is 3.50. The molecule has 3 aliphatic heterocycles. The molecule has 38 heavy (non-hydrogen) atoms. The van der Waals surface area contributed by atoms with Crippen LogP contribution in [0.2, 0.25) is 5.02 Å². The Bertz CT molecular complexity index is 1160. The fourth-order valence-electron chi connectivity index (χ4n) is 6.75. The number of fused-ring (bicyclic) bond motifs is 1. The number of nitrogens with one attached hydrogen (secondary N) is 2. The second-order valence-electron chi connectivity index (χ2n) is 11.9. The largest absolute Gasteiger partial charge is 0.359 e. The predicted molar refractivity (Wildman–Crippen MR) is 143 cm³/mol. The van der Waals surface area contributed by atoms with Gasteiger partial charge >= 0.3 is 0 Å². The summed E-state index contributed by atoms with van der Waals surface area (Å²) in [4.78, 5) is 43.0. The number of halogens is 2. The maximum absolute atomic E-state index is 14.0. The van der Waals surface area contributed by atoms with E-state index < -0.39 is 41.3 Å². The van der Waals surface area contributed by atoms with Crippen molar-refractivity contribution in [1.29, 1.82) is 0 Å². The van der Waals surface area contributed by atoms with Crippen LogP contribution in [0.25, 0.3) is 0 Å². The number of nitrogens with zero attached hydrogens (tertiary/aromatic N) is 1. The second kappa shape index (κ2) is 10.3. The predicted octanol–water partition coefficient (Wildman–Crippen LogP) is 4.56. The number of carbonyl (C=O) groups excluding carboxylic acids is 3. The molecule has 2 saturated heterocycles. The van der Waals surface area contributed by atoms with Crippen LogP contribution >= 0.6 is 11.6 Å². The molecular formula is C29H37ClFN3O4. The molecule has 3 fully saturated rings. The van der Waals surface area contributed by atoms with Crippen molar-refractivity contribution >= 4 is 35.0 Å². The van der Waals surface area contributed by atoms with E-state index in [9.17, 15) is 18.8 Å². The summed E-state index contributed by atoms with van der Waals surface area (Å²) in [7, 11) is 0. The number of hydrogen-bond donors (Lipinski definition) is 2. The third-order valence-corrected chi connectivity index (χ3v) is 9.38. The molecule has 5 rings (SSSR count). The van der Waals surface area contributed by atoms with Crippen LogP contribution in [0.5, 0.6) is 0 Å². The lowest BCUT2D eigenvalue weighted by Gasteiger charge is -2.38. The Hall–Kier alpha value is -2.45. The topological polar surface area (TPSA) is 87.7 Å². The quantitative estimate of drug-likeness (QED) is 0.492. The van der Waals surface area contributed by atoms with Crippen LogP contribution < -0.4 is 10.6 Å². The highest BCUT2D eigenvalue weighted by Crippen LogP contribution is 2.55. The number of hydrogen-bond acceptors (Lipinski definition) is 4. The molecule has 2 bridgehead atoms. The number of anilines is 1. The molecule has 1 aliphatic carbocycles. The molecule has 3 heterocycles. The molecule has 1 spiro atoms. The molecule has 9 heteroatoms. The molecule has 2 N–H and O–H groups in total. The van der Waals surface area contributed by atoms with Crippen molar-refractivity contribution < 1.29 is 23.5 Å². The van der Waals surface area contributed by atoms with E-state index in [1.54, 1.807) is 11.0 Å². The second-order valence-corrected chi connectivity index (χ2v) is 12.3. The maximum Gasteiger partial charge on any atom is 0.246 e. The van der Waals surface area contributed by atoms with Gasteiger partial charge in [-0.1, -0.05) is 64.3 Å². The molecule has 4 aliphatic rings. The third kappa shape index (κ3) is 4.53. The van der Waals surface area contributed by atoms with Gasteiger partial charge < -0.3 is 20.3 Å². The first-order valence-corrected chi connectivity index (χ1v) is 14.1. The van der Waals surface area contributed by atoms with E-state index in [-0.39, 0.29) is 22.9 Å². The monoisotopic (exact) mass is 545 g/mol. The Balaban J connectivity index is 1.43. The maximum atomic E-state index is 14.0. The summed E-state index contributed by atoms with van der Waals surface area (Å²) in [6.45, 7) is 8.95. The van der Waals surface area contributed by atoms with Crippen LogP contribution in [0.15, 0.2) is 30.4 Å². The summed E-state index contributed by atoms with van der Waals surface area (Å²) in [6.07, 6.45) is 6.83. The van der Waals surface area contributed by atoms with Gasteiger partial charge in [-0.05, 0) is 48.8 Å². The zero-order valence-corrected chi connectivity index (χ0v) is 23.1. The molecule has 1 saturated carbocycles. The molecule has 0 radical (unpaired) electrons. The number of amides is 3. The van der Waals surface area contributed by atoms with Crippen LogP contribution in [-0.4, -0.2) is 53.0 Å². The minimum atomic E-state index is -1.20. The molecule has 0 unspecified atom stereocenters. The van der Waals surface area contributed by atoms with Crippen LogP contribution in [0, 0.1) is 35.4 Å². The third-order valence-electron chi connectivity index (χ3n) is 9.09. The van der Waals surface area contributed by atoms with Crippen LogP contribution in [0.4, 0.5) is 10.1 Å². The first kappa shape index (κ1) is 27.1. The highest BCUT2D eigenvalue weighted by Gasteiger charge is 2.72. The average molecular weight is 546 g/mol. The molecule has 0 aromatic heterocycles. The summed E-state index contributed by atoms with van der Waals surface area (Å²) in [5.41, 5.74) is -0.867. The van der Waals surface area contributed by atoms with Crippen molar-refractivity contribution in [3.8, 4) is 0 Å². The van der Waals surface area contributed by atoms with Crippen LogP contribution in [0.3, 0.4) is 0 Å². The Kier molecular flexibility index (Phi) is 7.33. The SMILES string of the molecule is CC(C)CCN1C(=O)[C@H]2[C@H](C(=O)Nc3ccc(F)c(Cl)c3)[C@H]3C=C[C@@]2(O3)[C@@H]1C(=O)N[C@@H]1CCC[C@@H](C)[C@H]1C. The van der Waals surface area contributed by atoms with E-state index in [2.05, 4.69) is 38.3 Å². The lowest BCUT2D eigenvalue weighted by Crippen LogP contribution is -2.58. The van der Waals surface area contributed by atoms with Crippen LogP contribution in [-0.2, 0) is 19.1 Å². The van der Waals surface area contributed by atoms with E-state index in [1.807, 2.05) is 6.08 Å². The number of likely N-dealkylation sites (tertiary alicyclic amines) is 1. The van der Waals surface area contributed by atoms with Gasteiger partial charge in [0.05, 0.1) is 23.0 Å². The number of carbonyl (C=O) groups is 3. The van der Waals surface area contributed by atoms with E-state index >= 15 is 0 Å². The van der Waals surface area contributed by atoms with E-state index in [4.69, 9.17) is 16.3 Å². The Morgan fingerprint density at radius 3 is 2.71 bits per heavy atom. The highest BCUT2D eigenvalue weighted by molar-refractivity contribution is 6.31. The van der Waals surface area contributed by atoms with Crippen molar-refractivity contribution in [3.05, 3.63) is 41.2 Å². The number of rotatable bonds is 7. The van der Waals surface area contributed by atoms with Gasteiger partial charge in [-0.25, -0.2) is 4.39 Å². The smallest absolute Gasteiger partial charge is 0.246 e. The van der Waals surface area contributed by atoms with Crippen molar-refractivity contribution in [2.45, 2.75) is 77.2 Å². The summed E-state index contributed by atoms with van der Waals surface area (Å²) in [5, 5.41) is 5.94. The fraction of sp³-hybridized carbons (Fsp3) is 0.621. The molecule has 8 atom stereocenters. The van der Waals surface area contributed by atoms with Gasteiger partial charge in [0.1, 0.15) is 17.5 Å². The molecule has 1 aromatic carbocycles. The van der Waals surface area contributed by atoms with Crippen LogP contribution in [0.1, 0.15) is 53.4 Å². The lowest BCUT2D eigenvalue weighted by atomic mass is 9.73. The molecule has 1 aromatic rings. The fourth-order valence-corrected chi connectivity index (χ4v) is 6.93. The molecule has 7 nitrogen and oxygen atoms in total. The standard InChI is InChI=1S/C29H37ClFN3O4/c1-15(2)11-13-34-25(27(36)33-21-7-5-6-16(3)17(21)4)29-12-10-22(38-29)23(24(29)28(34)37)26(35)32-18-8-9-20(31)19(30)14-18/h8-10,12,14-17,21-25H,5-7,11,13H2,1-4H3,(H,32,35)(H,33,36)/t16-,17-,21-,22-,23-,24-,25+,29+/m1/s1. The summed E-state index contributed by atoms with van der Waals surface area (Å²) < 4.78 is 20.0. The molecule has 3 amide bonds. The number of ether oxygens (including phenoxy) is 1. The van der Waals surface area contributed by atoms with Gasteiger partial charge in [0, 0.05) is 18.3 Å². The van der Waals surface area contributed by atoms with Crippen molar-refractivity contribution in [3.63, 3.8) is 0 Å². The van der Waals surface area contributed by atoms with E-state index in [1.165, 1.54) is 18.2 Å².